The van der Waals surface area contributed by atoms with Gasteiger partial charge in [0.05, 0.1) is 5.56 Å². The van der Waals surface area contributed by atoms with Gasteiger partial charge in [0.25, 0.3) is 0 Å². The monoisotopic (exact) mass is 313 g/mol. The van der Waals surface area contributed by atoms with Gasteiger partial charge in [-0.3, -0.25) is 0 Å². The summed E-state index contributed by atoms with van der Waals surface area (Å²) in [5.41, 5.74) is 5.81. The lowest BCUT2D eigenvalue weighted by molar-refractivity contribution is -0.138. The van der Waals surface area contributed by atoms with Gasteiger partial charge in [-0.25, -0.2) is 9.97 Å². The number of benzene rings is 1. The van der Waals surface area contributed by atoms with Crippen LogP contribution in [0.25, 0.3) is 0 Å². The van der Waals surface area contributed by atoms with E-state index in [1.165, 1.54) is 6.07 Å². The standard InChI is InChI=1S/C14H14F3N3S/c1-9-7-19-13(20-8-9)21-11-3-2-10(4-5-18)12(6-11)14(15,16)17/h2-3,6-8H,4-5,18H2,1H3. The number of hydrogen-bond donors (Lipinski definition) is 1. The van der Waals surface area contributed by atoms with Crippen LogP contribution >= 0.6 is 11.8 Å². The predicted molar refractivity (Wildman–Crippen MR) is 75.1 cm³/mol. The Hall–Kier alpha value is -1.60. The molecule has 0 fully saturated rings. The number of aromatic nitrogens is 2. The lowest BCUT2D eigenvalue weighted by Crippen LogP contribution is -2.12. The molecule has 0 amide bonds. The molecule has 0 radical (unpaired) electrons. The Balaban J connectivity index is 2.31. The van der Waals surface area contributed by atoms with Crippen molar-refractivity contribution in [2.24, 2.45) is 5.73 Å². The van der Waals surface area contributed by atoms with Gasteiger partial charge in [-0.15, -0.1) is 0 Å². The summed E-state index contributed by atoms with van der Waals surface area (Å²) in [7, 11) is 0. The van der Waals surface area contributed by atoms with Crippen molar-refractivity contribution in [3.8, 4) is 0 Å². The molecule has 2 aromatic rings. The van der Waals surface area contributed by atoms with Crippen molar-refractivity contribution in [2.75, 3.05) is 6.54 Å². The minimum atomic E-state index is -4.39. The van der Waals surface area contributed by atoms with Gasteiger partial charge in [-0.2, -0.15) is 13.2 Å². The van der Waals surface area contributed by atoms with Crippen LogP contribution in [-0.2, 0) is 12.6 Å². The average molecular weight is 313 g/mol. The minimum absolute atomic E-state index is 0.177. The summed E-state index contributed by atoms with van der Waals surface area (Å²) in [5.74, 6) is 0. The predicted octanol–water partition coefficient (Wildman–Crippen LogP) is 3.46. The van der Waals surface area contributed by atoms with E-state index in [0.29, 0.717) is 10.1 Å². The molecule has 112 valence electrons. The molecule has 1 heterocycles. The molecular formula is C14H14F3N3S. The van der Waals surface area contributed by atoms with E-state index in [-0.39, 0.29) is 18.5 Å². The van der Waals surface area contributed by atoms with Crippen LogP contribution in [0.3, 0.4) is 0 Å². The van der Waals surface area contributed by atoms with Crippen molar-refractivity contribution in [3.05, 3.63) is 47.3 Å². The molecule has 2 N–H and O–H groups in total. The topological polar surface area (TPSA) is 51.8 Å². The number of hydrogen-bond acceptors (Lipinski definition) is 4. The van der Waals surface area contributed by atoms with E-state index in [9.17, 15) is 13.2 Å². The van der Waals surface area contributed by atoms with Crippen LogP contribution in [0.5, 0.6) is 0 Å². The molecule has 0 aliphatic heterocycles. The van der Waals surface area contributed by atoms with Gasteiger partial charge in [-0.05, 0) is 54.9 Å². The van der Waals surface area contributed by atoms with Crippen LogP contribution in [0.4, 0.5) is 13.2 Å². The van der Waals surface area contributed by atoms with Crippen LogP contribution in [0.1, 0.15) is 16.7 Å². The highest BCUT2D eigenvalue weighted by Crippen LogP contribution is 2.36. The summed E-state index contributed by atoms with van der Waals surface area (Å²) in [4.78, 5) is 8.60. The largest absolute Gasteiger partial charge is 0.416 e. The highest BCUT2D eigenvalue weighted by Gasteiger charge is 2.33. The zero-order valence-electron chi connectivity index (χ0n) is 11.3. The van der Waals surface area contributed by atoms with Gasteiger partial charge < -0.3 is 5.73 Å². The summed E-state index contributed by atoms with van der Waals surface area (Å²) < 4.78 is 39.2. The number of nitrogens with two attached hydrogens (primary N) is 1. The molecule has 2 rings (SSSR count). The quantitative estimate of drug-likeness (QED) is 0.878. The molecule has 0 aliphatic carbocycles. The first kappa shape index (κ1) is 15.8. The summed E-state index contributed by atoms with van der Waals surface area (Å²) >= 11 is 1.10. The summed E-state index contributed by atoms with van der Waals surface area (Å²) in [6.45, 7) is 2.02. The molecule has 0 spiro atoms. The Bertz CT molecular complexity index is 612. The van der Waals surface area contributed by atoms with Crippen LogP contribution < -0.4 is 5.73 Å². The van der Waals surface area contributed by atoms with Crippen molar-refractivity contribution in [1.82, 2.24) is 9.97 Å². The fourth-order valence-corrected chi connectivity index (χ4v) is 2.53. The first-order chi connectivity index (χ1) is 9.90. The van der Waals surface area contributed by atoms with E-state index in [4.69, 9.17) is 5.73 Å². The number of halogens is 3. The van der Waals surface area contributed by atoms with Gasteiger partial charge in [0.15, 0.2) is 5.16 Å². The molecule has 0 saturated carbocycles. The molecule has 0 saturated heterocycles. The second kappa shape index (κ2) is 6.44. The normalized spacial score (nSPS) is 11.7. The van der Waals surface area contributed by atoms with Gasteiger partial charge >= 0.3 is 6.18 Å². The third kappa shape index (κ3) is 4.18. The van der Waals surface area contributed by atoms with Crippen molar-refractivity contribution in [3.63, 3.8) is 0 Å². The molecule has 1 aromatic carbocycles. The molecule has 0 aliphatic rings. The highest BCUT2D eigenvalue weighted by atomic mass is 32.2. The van der Waals surface area contributed by atoms with E-state index >= 15 is 0 Å². The fourth-order valence-electron chi connectivity index (χ4n) is 1.80. The van der Waals surface area contributed by atoms with E-state index in [2.05, 4.69) is 9.97 Å². The first-order valence-corrected chi connectivity index (χ1v) is 7.08. The molecule has 0 unspecified atom stereocenters. The maximum Gasteiger partial charge on any atom is 0.416 e. The van der Waals surface area contributed by atoms with Crippen molar-refractivity contribution in [1.29, 1.82) is 0 Å². The minimum Gasteiger partial charge on any atom is -0.330 e. The molecular weight excluding hydrogens is 299 g/mol. The first-order valence-electron chi connectivity index (χ1n) is 6.27. The Kier molecular flexibility index (Phi) is 4.84. The SMILES string of the molecule is Cc1cnc(Sc2ccc(CCN)c(C(F)(F)F)c2)nc1. The highest BCUT2D eigenvalue weighted by molar-refractivity contribution is 7.99. The number of alkyl halides is 3. The smallest absolute Gasteiger partial charge is 0.330 e. The van der Waals surface area contributed by atoms with E-state index in [0.717, 1.165) is 23.4 Å². The lowest BCUT2D eigenvalue weighted by atomic mass is 10.0. The summed E-state index contributed by atoms with van der Waals surface area (Å²) in [6.07, 6.45) is -0.943. The molecule has 0 bridgehead atoms. The van der Waals surface area contributed by atoms with E-state index in [1.807, 2.05) is 6.92 Å². The zero-order valence-corrected chi connectivity index (χ0v) is 12.1. The second-order valence-corrected chi connectivity index (χ2v) is 5.54. The molecule has 0 atom stereocenters. The Morgan fingerprint density at radius 2 is 1.86 bits per heavy atom. The lowest BCUT2D eigenvalue weighted by Gasteiger charge is -2.13. The van der Waals surface area contributed by atoms with Gasteiger partial charge in [0.2, 0.25) is 0 Å². The van der Waals surface area contributed by atoms with Crippen molar-refractivity contribution < 1.29 is 13.2 Å². The van der Waals surface area contributed by atoms with E-state index in [1.54, 1.807) is 18.5 Å². The molecule has 21 heavy (non-hydrogen) atoms. The maximum absolute atomic E-state index is 13.1. The zero-order chi connectivity index (χ0) is 15.5. The van der Waals surface area contributed by atoms with Crippen molar-refractivity contribution >= 4 is 11.8 Å². The third-order valence-corrected chi connectivity index (χ3v) is 3.65. The molecule has 7 heteroatoms. The summed E-state index contributed by atoms with van der Waals surface area (Å²) in [6, 6.07) is 4.22. The van der Waals surface area contributed by atoms with Crippen LogP contribution in [0.2, 0.25) is 0 Å². The Morgan fingerprint density at radius 1 is 1.19 bits per heavy atom. The third-order valence-electron chi connectivity index (χ3n) is 2.77. The van der Waals surface area contributed by atoms with Gasteiger partial charge in [0, 0.05) is 17.3 Å². The summed E-state index contributed by atoms with van der Waals surface area (Å²) in [5, 5.41) is 0.417. The molecule has 3 nitrogen and oxygen atoms in total. The second-order valence-electron chi connectivity index (χ2n) is 4.50. The van der Waals surface area contributed by atoms with Crippen LogP contribution in [0.15, 0.2) is 40.6 Å². The molecule has 1 aromatic heterocycles. The van der Waals surface area contributed by atoms with Crippen LogP contribution in [-0.4, -0.2) is 16.5 Å². The Labute approximate surface area is 124 Å². The number of aryl methyl sites for hydroxylation is 1. The fraction of sp³-hybridized carbons (Fsp3) is 0.286. The van der Waals surface area contributed by atoms with E-state index < -0.39 is 11.7 Å². The van der Waals surface area contributed by atoms with Gasteiger partial charge in [0.1, 0.15) is 0 Å². The van der Waals surface area contributed by atoms with Crippen molar-refractivity contribution in [2.45, 2.75) is 29.6 Å². The van der Waals surface area contributed by atoms with Gasteiger partial charge in [-0.1, -0.05) is 6.07 Å². The number of rotatable bonds is 4. The van der Waals surface area contributed by atoms with Crippen LogP contribution in [0, 0.1) is 6.92 Å². The maximum atomic E-state index is 13.1. The Morgan fingerprint density at radius 3 is 2.43 bits per heavy atom. The number of nitrogens with zero attached hydrogens (tertiary/aromatic N) is 2. The average Bonchev–Trinajstić information content (AvgIpc) is 2.42.